The van der Waals surface area contributed by atoms with Gasteiger partial charge < -0.3 is 0 Å². The van der Waals surface area contributed by atoms with Crippen LogP contribution in [0.1, 0.15) is 0 Å². The van der Waals surface area contributed by atoms with Crippen molar-refractivity contribution in [3.8, 4) is 0 Å². The van der Waals surface area contributed by atoms with Crippen LogP contribution in [-0.4, -0.2) is 36.0 Å². The molecule has 0 saturated carbocycles. The molecule has 72 valence electrons. The smallest absolute Gasteiger partial charge is 0.290 e. The average Bonchev–Trinajstić information content (AvgIpc) is 2.32. The summed E-state index contributed by atoms with van der Waals surface area (Å²) in [5, 5.41) is 0. The molecule has 1 aliphatic rings. The second-order valence-electron chi connectivity index (χ2n) is 2.39. The lowest BCUT2D eigenvalue weighted by molar-refractivity contribution is 0.208. The third-order valence-corrected chi connectivity index (χ3v) is 3.65. The normalized spacial score (nSPS) is 38.3. The number of rotatable bonds is 3. The van der Waals surface area contributed by atoms with Crippen molar-refractivity contribution in [3.05, 3.63) is 0 Å². The van der Waals surface area contributed by atoms with Gasteiger partial charge in [-0.05, 0) is 0 Å². The lowest BCUT2D eigenvalue weighted by Gasteiger charge is -2.06. The summed E-state index contributed by atoms with van der Waals surface area (Å²) in [5.74, 6) is 0.327. The highest BCUT2D eigenvalue weighted by atomic mass is 32.2. The minimum atomic E-state index is -3.30. The average molecular weight is 214 g/mol. The van der Waals surface area contributed by atoms with Crippen molar-refractivity contribution in [1.29, 1.82) is 0 Å². The van der Waals surface area contributed by atoms with E-state index in [1.165, 1.54) is 7.11 Å². The van der Waals surface area contributed by atoms with E-state index in [-0.39, 0.29) is 12.7 Å². The molecule has 0 radical (unpaired) electrons. The molecule has 1 saturated heterocycles. The molecule has 1 aliphatic heterocycles. The summed E-state index contributed by atoms with van der Waals surface area (Å²) in [6, 6.07) is 0. The molecular weight excluding hydrogens is 203 g/mol. The highest BCUT2D eigenvalue weighted by Gasteiger charge is 2.37. The molecule has 3 unspecified atom stereocenters. The monoisotopic (exact) mass is 214 g/mol. The quantitative estimate of drug-likeness (QED) is 0.641. The summed E-state index contributed by atoms with van der Waals surface area (Å²) in [7, 11) is -3.01. The van der Waals surface area contributed by atoms with Gasteiger partial charge >= 0.3 is 7.82 Å². The van der Waals surface area contributed by atoms with E-state index in [4.69, 9.17) is 9.05 Å². The van der Waals surface area contributed by atoms with Crippen LogP contribution in [0.3, 0.4) is 0 Å². The van der Waals surface area contributed by atoms with Gasteiger partial charge in [0.05, 0.1) is 12.4 Å². The van der Waals surface area contributed by atoms with Crippen LogP contribution < -0.4 is 0 Å². The Hall–Kier alpha value is 0.260. The van der Waals surface area contributed by atoms with E-state index in [0.29, 0.717) is 5.75 Å². The van der Waals surface area contributed by atoms with Gasteiger partial charge in [0.15, 0.2) is 0 Å². The minimum absolute atomic E-state index is 0.185. The molecule has 0 bridgehead atoms. The third-order valence-electron chi connectivity index (χ3n) is 1.34. The first kappa shape index (κ1) is 10.3. The van der Waals surface area contributed by atoms with Gasteiger partial charge in [-0.2, -0.15) is 0 Å². The molecule has 0 amide bonds. The van der Waals surface area contributed by atoms with E-state index in [1.54, 1.807) is 6.26 Å². The number of hydrogen-bond acceptors (Lipinski definition) is 5. The predicted molar refractivity (Wildman–Crippen MR) is 44.4 cm³/mol. The Balaban J connectivity index is 2.45. The van der Waals surface area contributed by atoms with Crippen molar-refractivity contribution >= 4 is 18.6 Å². The SMILES string of the molecule is COP1(=O)OCC(CS(C)=O)O1. The highest BCUT2D eigenvalue weighted by Crippen LogP contribution is 2.54. The zero-order valence-corrected chi connectivity index (χ0v) is 8.60. The molecule has 5 nitrogen and oxygen atoms in total. The molecule has 1 rings (SSSR count). The molecule has 0 spiro atoms. The second kappa shape index (κ2) is 3.98. The fourth-order valence-electron chi connectivity index (χ4n) is 0.854. The molecule has 7 heteroatoms. The van der Waals surface area contributed by atoms with Crippen LogP contribution in [0.4, 0.5) is 0 Å². The summed E-state index contributed by atoms with van der Waals surface area (Å²) in [6.07, 6.45) is 1.18. The fraction of sp³-hybridized carbons (Fsp3) is 1.00. The first-order chi connectivity index (χ1) is 5.56. The largest absolute Gasteiger partial charge is 0.474 e. The lowest BCUT2D eigenvalue weighted by Crippen LogP contribution is -2.17. The maximum atomic E-state index is 11.2. The molecular formula is C5H11O5PS. The standard InChI is InChI=1S/C5H11O5PS/c1-8-11(6)9-3-5(10-11)4-12(2)7/h5H,3-4H2,1-2H3. The molecule has 1 heterocycles. The van der Waals surface area contributed by atoms with Crippen LogP contribution in [0.25, 0.3) is 0 Å². The van der Waals surface area contributed by atoms with Gasteiger partial charge in [-0.25, -0.2) is 4.57 Å². The van der Waals surface area contributed by atoms with Gasteiger partial charge in [-0.1, -0.05) is 0 Å². The Labute approximate surface area is 73.5 Å². The summed E-state index contributed by atoms with van der Waals surface area (Å²) >= 11 is 0. The highest BCUT2D eigenvalue weighted by molar-refractivity contribution is 7.84. The van der Waals surface area contributed by atoms with Crippen LogP contribution >= 0.6 is 7.82 Å². The molecule has 0 N–H and O–H groups in total. The Morgan fingerprint density at radius 2 is 2.42 bits per heavy atom. The number of phosphoric ester groups is 1. The molecule has 12 heavy (non-hydrogen) atoms. The molecule has 3 atom stereocenters. The minimum Gasteiger partial charge on any atom is -0.290 e. The van der Waals surface area contributed by atoms with E-state index >= 15 is 0 Å². The van der Waals surface area contributed by atoms with Crippen LogP contribution in [0.2, 0.25) is 0 Å². The van der Waals surface area contributed by atoms with Gasteiger partial charge in [-0.3, -0.25) is 17.8 Å². The van der Waals surface area contributed by atoms with Gasteiger partial charge in [0.1, 0.15) is 6.10 Å². The Morgan fingerprint density at radius 1 is 1.75 bits per heavy atom. The zero-order valence-electron chi connectivity index (χ0n) is 6.89. The topological polar surface area (TPSA) is 61.8 Å². The number of phosphoric acid groups is 1. The summed E-state index contributed by atoms with van der Waals surface area (Å²) in [4.78, 5) is 0. The van der Waals surface area contributed by atoms with Crippen molar-refractivity contribution in [2.45, 2.75) is 6.10 Å². The molecule has 0 aromatic rings. The Kier molecular flexibility index (Phi) is 3.43. The van der Waals surface area contributed by atoms with Crippen LogP contribution in [0.5, 0.6) is 0 Å². The van der Waals surface area contributed by atoms with Gasteiger partial charge in [0.2, 0.25) is 0 Å². The summed E-state index contributed by atoms with van der Waals surface area (Å²) in [6.45, 7) is 0.185. The maximum absolute atomic E-state index is 11.2. The van der Waals surface area contributed by atoms with Crippen molar-refractivity contribution in [1.82, 2.24) is 0 Å². The van der Waals surface area contributed by atoms with Crippen LogP contribution in [0.15, 0.2) is 0 Å². The first-order valence-corrected chi connectivity index (χ1v) is 6.53. The first-order valence-electron chi connectivity index (χ1n) is 3.34. The van der Waals surface area contributed by atoms with Crippen molar-refractivity contribution in [2.75, 3.05) is 25.7 Å². The summed E-state index contributed by atoms with van der Waals surface area (Å²) < 4.78 is 36.2. The van der Waals surface area contributed by atoms with E-state index in [1.807, 2.05) is 0 Å². The van der Waals surface area contributed by atoms with Crippen molar-refractivity contribution < 1.29 is 22.3 Å². The van der Waals surface area contributed by atoms with Crippen LogP contribution in [-0.2, 0) is 28.9 Å². The third kappa shape index (κ3) is 2.64. The molecule has 0 aromatic carbocycles. The zero-order chi connectivity index (χ0) is 9.19. The maximum Gasteiger partial charge on any atom is 0.474 e. The van der Waals surface area contributed by atoms with E-state index in [9.17, 15) is 8.77 Å². The van der Waals surface area contributed by atoms with E-state index < -0.39 is 18.6 Å². The van der Waals surface area contributed by atoms with Gasteiger partial charge in [-0.15, -0.1) is 0 Å². The van der Waals surface area contributed by atoms with E-state index in [2.05, 4.69) is 4.52 Å². The Morgan fingerprint density at radius 3 is 2.83 bits per heavy atom. The lowest BCUT2D eigenvalue weighted by atomic mass is 10.4. The van der Waals surface area contributed by atoms with Crippen molar-refractivity contribution in [3.63, 3.8) is 0 Å². The molecule has 0 aromatic heterocycles. The Bertz CT molecular complexity index is 230. The number of hydrogen-bond donors (Lipinski definition) is 0. The van der Waals surface area contributed by atoms with Crippen molar-refractivity contribution in [2.24, 2.45) is 0 Å². The van der Waals surface area contributed by atoms with Crippen LogP contribution in [0, 0.1) is 0 Å². The molecule has 0 aliphatic carbocycles. The second-order valence-corrected chi connectivity index (χ2v) is 5.60. The van der Waals surface area contributed by atoms with Gasteiger partial charge in [0.25, 0.3) is 0 Å². The predicted octanol–water partition coefficient (Wildman–Crippen LogP) is 0.535. The fourth-order valence-corrected chi connectivity index (χ4v) is 2.74. The van der Waals surface area contributed by atoms with Gasteiger partial charge in [0, 0.05) is 24.2 Å². The molecule has 1 fully saturated rings. The van der Waals surface area contributed by atoms with E-state index in [0.717, 1.165) is 0 Å². The summed E-state index contributed by atoms with van der Waals surface area (Å²) in [5.41, 5.74) is 0.